The molecule has 0 aliphatic carbocycles. The Balaban J connectivity index is 1.48. The number of carbonyl (C=O) groups excluding carboxylic acids is 3. The molecule has 1 fully saturated rings. The van der Waals surface area contributed by atoms with Crippen LogP contribution in [0.15, 0.2) is 84.6 Å². The van der Waals surface area contributed by atoms with E-state index in [-0.39, 0.29) is 34.4 Å². The highest BCUT2D eigenvalue weighted by molar-refractivity contribution is 7.80. The van der Waals surface area contributed by atoms with Gasteiger partial charge in [0, 0.05) is 33.4 Å². The molecule has 0 bridgehead atoms. The van der Waals surface area contributed by atoms with E-state index in [2.05, 4.69) is 10.6 Å². The van der Waals surface area contributed by atoms with E-state index in [1.54, 1.807) is 35.0 Å². The van der Waals surface area contributed by atoms with Gasteiger partial charge in [-0.1, -0.05) is 35.9 Å². The first-order valence-corrected chi connectivity index (χ1v) is 12.4. The summed E-state index contributed by atoms with van der Waals surface area (Å²) in [4.78, 5) is 51.6. The number of amides is 3. The number of halogens is 1. The van der Waals surface area contributed by atoms with Gasteiger partial charge in [-0.05, 0) is 66.8 Å². The van der Waals surface area contributed by atoms with Crippen LogP contribution in [-0.4, -0.2) is 38.5 Å². The predicted octanol–water partition coefficient (Wildman–Crippen LogP) is 4.46. The minimum atomic E-state index is -1.17. The summed E-state index contributed by atoms with van der Waals surface area (Å²) in [7, 11) is 0. The third-order valence-corrected chi connectivity index (χ3v) is 6.55. The minimum Gasteiger partial charge on any atom is -0.478 e. The molecule has 5 rings (SSSR count). The summed E-state index contributed by atoms with van der Waals surface area (Å²) in [5.74, 6) is -2.84. The van der Waals surface area contributed by atoms with Gasteiger partial charge in [0.1, 0.15) is 12.1 Å². The quantitative estimate of drug-likeness (QED) is 0.182. The molecule has 0 spiro atoms. The summed E-state index contributed by atoms with van der Waals surface area (Å²) in [5.41, 5.74) is 1.83. The van der Waals surface area contributed by atoms with Gasteiger partial charge in [-0.2, -0.15) is 0 Å². The van der Waals surface area contributed by atoms with Crippen molar-refractivity contribution in [3.05, 3.63) is 101 Å². The molecule has 9 nitrogen and oxygen atoms in total. The Hall–Kier alpha value is -4.80. The average molecular weight is 559 g/mol. The van der Waals surface area contributed by atoms with E-state index in [1.807, 2.05) is 24.3 Å². The second-order valence-electron chi connectivity index (χ2n) is 8.60. The molecule has 0 radical (unpaired) electrons. The number of fused-ring (bicyclic) bond motifs is 1. The van der Waals surface area contributed by atoms with Gasteiger partial charge in [-0.3, -0.25) is 24.6 Å². The van der Waals surface area contributed by atoms with Gasteiger partial charge in [-0.15, -0.1) is 0 Å². The van der Waals surface area contributed by atoms with Gasteiger partial charge in [0.25, 0.3) is 11.8 Å². The van der Waals surface area contributed by atoms with E-state index in [1.165, 1.54) is 30.3 Å². The largest absolute Gasteiger partial charge is 0.478 e. The summed E-state index contributed by atoms with van der Waals surface area (Å²) >= 11 is 11.1. The third-order valence-electron chi connectivity index (χ3n) is 6.01. The molecule has 1 saturated heterocycles. The van der Waals surface area contributed by atoms with Crippen molar-refractivity contribution < 1.29 is 24.3 Å². The van der Waals surface area contributed by atoms with Crippen LogP contribution in [-0.2, 0) is 20.9 Å². The van der Waals surface area contributed by atoms with Crippen molar-refractivity contribution in [1.82, 2.24) is 9.88 Å². The van der Waals surface area contributed by atoms with Gasteiger partial charge in [0.15, 0.2) is 5.11 Å². The van der Waals surface area contributed by atoms with Crippen molar-refractivity contribution >= 4 is 81.0 Å². The van der Waals surface area contributed by atoms with Gasteiger partial charge in [0.05, 0.1) is 11.3 Å². The number of benzene rings is 3. The van der Waals surface area contributed by atoms with E-state index in [9.17, 15) is 24.3 Å². The van der Waals surface area contributed by atoms with Crippen LogP contribution >= 0.6 is 23.8 Å². The second-order valence-corrected chi connectivity index (χ2v) is 9.42. The molecule has 194 valence electrons. The summed E-state index contributed by atoms with van der Waals surface area (Å²) in [6.45, 7) is -0.0232. The van der Waals surface area contributed by atoms with Crippen LogP contribution in [0.2, 0.25) is 5.02 Å². The first-order chi connectivity index (χ1) is 18.7. The highest BCUT2D eigenvalue weighted by Gasteiger charge is 2.35. The summed E-state index contributed by atoms with van der Waals surface area (Å²) in [5, 5.41) is 15.8. The normalized spacial score (nSPS) is 14.5. The number of carboxylic acid groups (broad SMARTS) is 1. The van der Waals surface area contributed by atoms with Gasteiger partial charge < -0.3 is 15.0 Å². The number of aromatic nitrogens is 1. The molecular formula is C28H19ClN4O5S. The smallest absolute Gasteiger partial charge is 0.335 e. The average Bonchev–Trinajstić information content (AvgIpc) is 3.25. The number of hydrogen-bond acceptors (Lipinski definition) is 5. The standard InChI is InChI=1S/C28H19ClN4O5S/c29-18-8-10-19(11-9-18)30-24(34)15-32-14-17(21-6-1-2-7-23(21)32)13-22-25(35)31-28(39)33(26(22)36)20-5-3-4-16(12-20)27(37)38/h1-14H,15H2,(H,30,34)(H,37,38)(H,31,35,39). The molecule has 4 aromatic rings. The van der Waals surface area contributed by atoms with E-state index < -0.39 is 17.8 Å². The fourth-order valence-electron chi connectivity index (χ4n) is 4.23. The van der Waals surface area contributed by atoms with E-state index >= 15 is 0 Å². The molecule has 0 saturated carbocycles. The molecule has 3 aromatic carbocycles. The monoisotopic (exact) mass is 558 g/mol. The van der Waals surface area contributed by atoms with Crippen molar-refractivity contribution in [1.29, 1.82) is 0 Å². The van der Waals surface area contributed by atoms with Gasteiger partial charge in [0.2, 0.25) is 5.91 Å². The molecule has 39 heavy (non-hydrogen) atoms. The number of nitrogens with one attached hydrogen (secondary N) is 2. The predicted molar refractivity (Wildman–Crippen MR) is 152 cm³/mol. The van der Waals surface area contributed by atoms with Crippen LogP contribution in [0.4, 0.5) is 11.4 Å². The van der Waals surface area contributed by atoms with E-state index in [0.717, 1.165) is 15.8 Å². The number of rotatable bonds is 6. The van der Waals surface area contributed by atoms with Crippen molar-refractivity contribution in [3.8, 4) is 0 Å². The fourth-order valence-corrected chi connectivity index (χ4v) is 4.64. The molecule has 11 heteroatoms. The maximum absolute atomic E-state index is 13.5. The first-order valence-electron chi connectivity index (χ1n) is 11.6. The number of para-hydroxylation sites is 1. The van der Waals surface area contributed by atoms with Crippen LogP contribution < -0.4 is 15.5 Å². The topological polar surface area (TPSA) is 121 Å². The summed E-state index contributed by atoms with van der Waals surface area (Å²) in [6, 6.07) is 19.7. The maximum Gasteiger partial charge on any atom is 0.335 e. The molecule has 0 unspecified atom stereocenters. The number of carboxylic acids is 1. The molecule has 1 aliphatic rings. The SMILES string of the molecule is O=C(Cn1cc(C=C2C(=O)NC(=S)N(c3cccc(C(=O)O)c3)C2=O)c2ccccc21)Nc1ccc(Cl)cc1. The Kier molecular flexibility index (Phi) is 6.97. The minimum absolute atomic E-state index is 0.0232. The van der Waals surface area contributed by atoms with Gasteiger partial charge in [-0.25, -0.2) is 4.79 Å². The maximum atomic E-state index is 13.5. The summed E-state index contributed by atoms with van der Waals surface area (Å²) < 4.78 is 1.72. The lowest BCUT2D eigenvalue weighted by Crippen LogP contribution is -2.54. The number of anilines is 2. The van der Waals surface area contributed by atoms with Crippen LogP contribution in [0.25, 0.3) is 17.0 Å². The molecule has 3 amide bonds. The molecule has 1 aliphatic heterocycles. The highest BCUT2D eigenvalue weighted by atomic mass is 35.5. The van der Waals surface area contributed by atoms with Crippen molar-refractivity contribution in [2.45, 2.75) is 6.54 Å². The lowest BCUT2D eigenvalue weighted by molar-refractivity contribution is -0.122. The number of nitrogens with zero attached hydrogens (tertiary/aromatic N) is 2. The highest BCUT2D eigenvalue weighted by Crippen LogP contribution is 2.27. The Morgan fingerprint density at radius 1 is 1.03 bits per heavy atom. The van der Waals surface area contributed by atoms with Crippen molar-refractivity contribution in [2.24, 2.45) is 0 Å². The lowest BCUT2D eigenvalue weighted by Gasteiger charge is -2.29. The Labute approximate surface area is 232 Å². The Morgan fingerprint density at radius 2 is 1.77 bits per heavy atom. The fraction of sp³-hybridized carbons (Fsp3) is 0.0357. The lowest BCUT2D eigenvalue weighted by atomic mass is 10.1. The summed E-state index contributed by atoms with van der Waals surface area (Å²) in [6.07, 6.45) is 3.12. The zero-order valence-electron chi connectivity index (χ0n) is 20.1. The first kappa shape index (κ1) is 25.8. The molecular weight excluding hydrogens is 540 g/mol. The van der Waals surface area contributed by atoms with Gasteiger partial charge >= 0.3 is 5.97 Å². The molecule has 3 N–H and O–H groups in total. The number of thiocarbonyl (C=S) groups is 1. The van der Waals surface area contributed by atoms with Crippen LogP contribution in [0.3, 0.4) is 0 Å². The van der Waals surface area contributed by atoms with Crippen molar-refractivity contribution in [3.63, 3.8) is 0 Å². The third kappa shape index (κ3) is 5.28. The molecule has 1 aromatic heterocycles. The number of aromatic carboxylic acids is 1. The second kappa shape index (κ2) is 10.5. The van der Waals surface area contributed by atoms with Crippen LogP contribution in [0.5, 0.6) is 0 Å². The van der Waals surface area contributed by atoms with Crippen LogP contribution in [0, 0.1) is 0 Å². The number of carbonyl (C=O) groups is 4. The Bertz CT molecular complexity index is 1710. The zero-order chi connectivity index (χ0) is 27.7. The Morgan fingerprint density at radius 3 is 2.51 bits per heavy atom. The molecule has 2 heterocycles. The van der Waals surface area contributed by atoms with E-state index in [4.69, 9.17) is 23.8 Å². The van der Waals surface area contributed by atoms with Crippen molar-refractivity contribution in [2.75, 3.05) is 10.2 Å². The number of hydrogen-bond donors (Lipinski definition) is 3. The molecule has 0 atom stereocenters. The van der Waals surface area contributed by atoms with Crippen LogP contribution in [0.1, 0.15) is 15.9 Å². The zero-order valence-corrected chi connectivity index (χ0v) is 21.6. The van der Waals surface area contributed by atoms with E-state index in [0.29, 0.717) is 16.3 Å².